The molecule has 17 heavy (non-hydrogen) atoms. The third kappa shape index (κ3) is 2.84. The summed E-state index contributed by atoms with van der Waals surface area (Å²) in [4.78, 5) is 2.40. The van der Waals surface area contributed by atoms with E-state index in [1.54, 1.807) is 0 Å². The third-order valence-electron chi connectivity index (χ3n) is 3.69. The van der Waals surface area contributed by atoms with Crippen molar-refractivity contribution in [3.8, 4) is 0 Å². The highest BCUT2D eigenvalue weighted by Crippen LogP contribution is 2.32. The molecule has 0 bridgehead atoms. The summed E-state index contributed by atoms with van der Waals surface area (Å²) in [6.45, 7) is 0.640. The second kappa shape index (κ2) is 5.70. The number of halogens is 2. The van der Waals surface area contributed by atoms with E-state index >= 15 is 0 Å². The average Bonchev–Trinajstić information content (AvgIpc) is 2.22. The Bertz CT molecular complexity index is 393. The van der Waals surface area contributed by atoms with Crippen molar-refractivity contribution in [2.75, 3.05) is 13.6 Å². The monoisotopic (exact) mass is 316 g/mol. The number of likely N-dealkylation sites (N-methyl/N-ethyl adjacent to an activating group) is 1. The third-order valence-corrected chi connectivity index (χ3v) is 4.91. The maximum Gasteiger partial charge on any atom is 0.0548 e. The first kappa shape index (κ1) is 13.3. The molecule has 94 valence electrons. The molecule has 1 aromatic rings. The van der Waals surface area contributed by atoms with E-state index in [-0.39, 0.29) is 6.04 Å². The van der Waals surface area contributed by atoms with Crippen molar-refractivity contribution < 1.29 is 0 Å². The lowest BCUT2D eigenvalue weighted by atomic mass is 9.89. The van der Waals surface area contributed by atoms with E-state index in [1.165, 1.54) is 24.8 Å². The predicted octanol–water partition coefficient (Wildman–Crippen LogP) is 3.59. The van der Waals surface area contributed by atoms with Crippen LogP contribution < -0.4 is 5.73 Å². The smallest absolute Gasteiger partial charge is 0.0548 e. The number of benzene rings is 1. The highest BCUT2D eigenvalue weighted by atomic mass is 79.9. The molecular weight excluding hydrogens is 300 g/mol. The standard InChI is InChI=1S/C13H18BrClN2/c1-17(10-3-2-4-10)13(8-16)9-5-6-12(15)11(14)7-9/h5-7,10,13H,2-4,8,16H2,1H3. The number of hydrogen-bond acceptors (Lipinski definition) is 2. The lowest BCUT2D eigenvalue weighted by Crippen LogP contribution is -2.42. The second-order valence-electron chi connectivity index (χ2n) is 4.68. The molecule has 1 saturated carbocycles. The van der Waals surface area contributed by atoms with Gasteiger partial charge in [-0.05, 0) is 53.5 Å². The predicted molar refractivity (Wildman–Crippen MR) is 76.3 cm³/mol. The van der Waals surface area contributed by atoms with Gasteiger partial charge in [0.25, 0.3) is 0 Å². The quantitative estimate of drug-likeness (QED) is 0.919. The van der Waals surface area contributed by atoms with Crippen molar-refractivity contribution in [3.63, 3.8) is 0 Å². The van der Waals surface area contributed by atoms with Crippen molar-refractivity contribution in [2.24, 2.45) is 5.73 Å². The number of nitrogens with zero attached hydrogens (tertiary/aromatic N) is 1. The van der Waals surface area contributed by atoms with E-state index in [0.717, 1.165) is 9.50 Å². The molecular formula is C13H18BrClN2. The highest BCUT2D eigenvalue weighted by molar-refractivity contribution is 9.10. The largest absolute Gasteiger partial charge is 0.329 e. The summed E-state index contributed by atoms with van der Waals surface area (Å²) in [6, 6.07) is 7.06. The van der Waals surface area contributed by atoms with Crippen LogP contribution in [0.5, 0.6) is 0 Å². The SMILES string of the molecule is CN(C1CCC1)C(CN)c1ccc(Cl)c(Br)c1. The minimum absolute atomic E-state index is 0.286. The molecule has 0 radical (unpaired) electrons. The fourth-order valence-corrected chi connectivity index (χ4v) is 2.82. The Kier molecular flexibility index (Phi) is 4.47. The van der Waals surface area contributed by atoms with Gasteiger partial charge in [0, 0.05) is 23.1 Å². The maximum absolute atomic E-state index is 6.02. The summed E-state index contributed by atoms with van der Waals surface area (Å²) >= 11 is 9.49. The fraction of sp³-hybridized carbons (Fsp3) is 0.538. The van der Waals surface area contributed by atoms with Crippen molar-refractivity contribution in [1.82, 2.24) is 4.90 Å². The molecule has 0 heterocycles. The molecule has 2 rings (SSSR count). The Morgan fingerprint density at radius 3 is 2.71 bits per heavy atom. The first-order chi connectivity index (χ1) is 8.13. The van der Waals surface area contributed by atoms with E-state index in [2.05, 4.69) is 40.0 Å². The van der Waals surface area contributed by atoms with Crippen molar-refractivity contribution >= 4 is 27.5 Å². The lowest BCUT2D eigenvalue weighted by molar-refractivity contribution is 0.113. The lowest BCUT2D eigenvalue weighted by Gasteiger charge is -2.40. The van der Waals surface area contributed by atoms with E-state index in [4.69, 9.17) is 17.3 Å². The van der Waals surface area contributed by atoms with Crippen LogP contribution >= 0.6 is 27.5 Å². The van der Waals surface area contributed by atoms with Gasteiger partial charge < -0.3 is 5.73 Å². The zero-order valence-electron chi connectivity index (χ0n) is 10.00. The van der Waals surface area contributed by atoms with Gasteiger partial charge in [0.05, 0.1) is 5.02 Å². The van der Waals surface area contributed by atoms with Gasteiger partial charge in [0.2, 0.25) is 0 Å². The normalized spacial score (nSPS) is 18.2. The topological polar surface area (TPSA) is 29.3 Å². The number of rotatable bonds is 4. The molecule has 1 fully saturated rings. The average molecular weight is 318 g/mol. The van der Waals surface area contributed by atoms with E-state index in [0.29, 0.717) is 12.6 Å². The molecule has 4 heteroatoms. The van der Waals surface area contributed by atoms with Crippen LogP contribution in [-0.2, 0) is 0 Å². The van der Waals surface area contributed by atoms with Gasteiger partial charge in [0.15, 0.2) is 0 Å². The first-order valence-electron chi connectivity index (χ1n) is 6.00. The number of nitrogens with two attached hydrogens (primary N) is 1. The fourth-order valence-electron chi connectivity index (χ4n) is 2.31. The summed E-state index contributed by atoms with van der Waals surface area (Å²) in [5.41, 5.74) is 7.15. The molecule has 1 unspecified atom stereocenters. The molecule has 0 amide bonds. The summed E-state index contributed by atoms with van der Waals surface area (Å²) in [6.07, 6.45) is 3.93. The minimum Gasteiger partial charge on any atom is -0.329 e. The highest BCUT2D eigenvalue weighted by Gasteiger charge is 2.27. The van der Waals surface area contributed by atoms with Crippen molar-refractivity contribution in [2.45, 2.75) is 31.3 Å². The summed E-state index contributed by atoms with van der Waals surface area (Å²) in [5, 5.41) is 0.746. The van der Waals surface area contributed by atoms with Crippen LogP contribution in [0.25, 0.3) is 0 Å². The zero-order chi connectivity index (χ0) is 12.4. The molecule has 2 nitrogen and oxygen atoms in total. The molecule has 0 aromatic heterocycles. The van der Waals surface area contributed by atoms with Crippen LogP contribution in [0.4, 0.5) is 0 Å². The Balaban J connectivity index is 2.18. The summed E-state index contributed by atoms with van der Waals surface area (Å²) < 4.78 is 0.942. The molecule has 0 aliphatic heterocycles. The Morgan fingerprint density at radius 2 is 2.24 bits per heavy atom. The van der Waals surface area contributed by atoms with Crippen LogP contribution in [0, 0.1) is 0 Å². The Labute approximate surface area is 116 Å². The minimum atomic E-state index is 0.286. The van der Waals surface area contributed by atoms with Gasteiger partial charge in [-0.1, -0.05) is 24.1 Å². The van der Waals surface area contributed by atoms with Crippen LogP contribution in [0.2, 0.25) is 5.02 Å². The van der Waals surface area contributed by atoms with Crippen LogP contribution in [-0.4, -0.2) is 24.5 Å². The molecule has 0 spiro atoms. The Morgan fingerprint density at radius 1 is 1.53 bits per heavy atom. The van der Waals surface area contributed by atoms with Crippen LogP contribution in [0.1, 0.15) is 30.9 Å². The van der Waals surface area contributed by atoms with Gasteiger partial charge in [-0.3, -0.25) is 4.90 Å². The maximum atomic E-state index is 6.02. The van der Waals surface area contributed by atoms with Crippen LogP contribution in [0.15, 0.2) is 22.7 Å². The molecule has 0 saturated heterocycles. The Hall–Kier alpha value is -0.0900. The van der Waals surface area contributed by atoms with Gasteiger partial charge in [-0.15, -0.1) is 0 Å². The second-order valence-corrected chi connectivity index (χ2v) is 5.94. The molecule has 1 aromatic carbocycles. The van der Waals surface area contributed by atoms with Gasteiger partial charge in [0.1, 0.15) is 0 Å². The van der Waals surface area contributed by atoms with Gasteiger partial charge in [-0.2, -0.15) is 0 Å². The molecule has 2 N–H and O–H groups in total. The van der Waals surface area contributed by atoms with E-state index in [1.807, 2.05) is 6.07 Å². The van der Waals surface area contributed by atoms with Gasteiger partial charge in [-0.25, -0.2) is 0 Å². The molecule has 1 aliphatic rings. The zero-order valence-corrected chi connectivity index (χ0v) is 12.3. The van der Waals surface area contributed by atoms with Crippen molar-refractivity contribution in [1.29, 1.82) is 0 Å². The van der Waals surface area contributed by atoms with E-state index < -0.39 is 0 Å². The molecule has 1 atom stereocenters. The van der Waals surface area contributed by atoms with Crippen molar-refractivity contribution in [3.05, 3.63) is 33.3 Å². The first-order valence-corrected chi connectivity index (χ1v) is 7.17. The van der Waals surface area contributed by atoms with Crippen LogP contribution in [0.3, 0.4) is 0 Å². The summed E-state index contributed by atoms with van der Waals surface area (Å²) in [7, 11) is 2.17. The van der Waals surface area contributed by atoms with E-state index in [9.17, 15) is 0 Å². The number of hydrogen-bond donors (Lipinski definition) is 1. The van der Waals surface area contributed by atoms with Gasteiger partial charge >= 0.3 is 0 Å². The molecule has 1 aliphatic carbocycles. The summed E-state index contributed by atoms with van der Waals surface area (Å²) in [5.74, 6) is 0.